The molecular formula is C13H19BrN4. The highest BCUT2D eigenvalue weighted by molar-refractivity contribution is 9.10. The molecule has 0 radical (unpaired) electrons. The van der Waals surface area contributed by atoms with E-state index in [2.05, 4.69) is 36.1 Å². The average molecular weight is 311 g/mol. The molecule has 0 amide bonds. The normalized spacial score (nSPS) is 24.3. The van der Waals surface area contributed by atoms with Crippen LogP contribution in [0.5, 0.6) is 0 Å². The van der Waals surface area contributed by atoms with Crippen LogP contribution >= 0.6 is 15.9 Å². The molecule has 1 aromatic heterocycles. The predicted octanol–water partition coefficient (Wildman–Crippen LogP) is 2.21. The molecule has 1 saturated heterocycles. The van der Waals surface area contributed by atoms with E-state index in [4.69, 9.17) is 0 Å². The first-order valence-electron chi connectivity index (χ1n) is 6.77. The lowest BCUT2D eigenvalue weighted by Gasteiger charge is -2.34. The van der Waals surface area contributed by atoms with Gasteiger partial charge in [-0.25, -0.2) is 9.97 Å². The molecule has 18 heavy (non-hydrogen) atoms. The first-order chi connectivity index (χ1) is 8.83. The minimum atomic E-state index is 0.751. The molecule has 0 bridgehead atoms. The highest BCUT2D eigenvalue weighted by Crippen LogP contribution is 2.27. The molecule has 5 heteroatoms. The second kappa shape index (κ2) is 5.53. The van der Waals surface area contributed by atoms with Crippen molar-refractivity contribution in [3.05, 3.63) is 17.0 Å². The van der Waals surface area contributed by atoms with E-state index in [0.29, 0.717) is 0 Å². The zero-order valence-electron chi connectivity index (χ0n) is 10.5. The van der Waals surface area contributed by atoms with Gasteiger partial charge in [0.05, 0.1) is 4.47 Å². The zero-order valence-corrected chi connectivity index (χ0v) is 12.1. The summed E-state index contributed by atoms with van der Waals surface area (Å²) in [5.41, 5.74) is 0. The average Bonchev–Trinajstić information content (AvgIpc) is 3.21. The maximum Gasteiger partial charge on any atom is 0.146 e. The van der Waals surface area contributed by atoms with Crippen molar-refractivity contribution in [2.24, 2.45) is 5.92 Å². The summed E-state index contributed by atoms with van der Waals surface area (Å²) in [6.45, 7) is 3.37. The standard InChI is InChI=1S/C13H19BrN4/c14-12-7-15-9-17-13(12)18-5-1-2-10(8-18)6-16-11-3-4-11/h7,9-11,16H,1-6,8H2. The fourth-order valence-electron chi connectivity index (χ4n) is 2.58. The van der Waals surface area contributed by atoms with Gasteiger partial charge >= 0.3 is 0 Å². The number of nitrogens with one attached hydrogen (secondary N) is 1. The number of hydrogen-bond donors (Lipinski definition) is 1. The second-order valence-electron chi connectivity index (χ2n) is 5.33. The summed E-state index contributed by atoms with van der Waals surface area (Å²) < 4.78 is 1.00. The molecule has 2 heterocycles. The van der Waals surface area contributed by atoms with Crippen LogP contribution in [0.3, 0.4) is 0 Å². The molecule has 1 saturated carbocycles. The fourth-order valence-corrected chi connectivity index (χ4v) is 3.06. The fraction of sp³-hybridized carbons (Fsp3) is 0.692. The van der Waals surface area contributed by atoms with Gasteiger partial charge in [-0.2, -0.15) is 0 Å². The first-order valence-corrected chi connectivity index (χ1v) is 7.56. The van der Waals surface area contributed by atoms with Crippen molar-refractivity contribution in [2.45, 2.75) is 31.7 Å². The number of hydrogen-bond acceptors (Lipinski definition) is 4. The SMILES string of the molecule is Brc1cncnc1N1CCCC(CNC2CC2)C1. The van der Waals surface area contributed by atoms with E-state index in [1.54, 1.807) is 6.33 Å². The predicted molar refractivity (Wildman–Crippen MR) is 75.7 cm³/mol. The number of nitrogens with zero attached hydrogens (tertiary/aromatic N) is 3. The Morgan fingerprint density at radius 1 is 1.39 bits per heavy atom. The van der Waals surface area contributed by atoms with Crippen LogP contribution in [0.4, 0.5) is 5.82 Å². The number of anilines is 1. The van der Waals surface area contributed by atoms with Gasteiger partial charge in [-0.15, -0.1) is 0 Å². The van der Waals surface area contributed by atoms with Crippen LogP contribution in [-0.4, -0.2) is 35.6 Å². The van der Waals surface area contributed by atoms with Gasteiger partial charge in [0.2, 0.25) is 0 Å². The van der Waals surface area contributed by atoms with Gasteiger partial charge in [0.1, 0.15) is 12.1 Å². The van der Waals surface area contributed by atoms with Crippen molar-refractivity contribution in [2.75, 3.05) is 24.5 Å². The van der Waals surface area contributed by atoms with Crippen molar-refractivity contribution in [3.63, 3.8) is 0 Å². The lowest BCUT2D eigenvalue weighted by atomic mass is 9.98. The molecule has 98 valence electrons. The minimum Gasteiger partial charge on any atom is -0.355 e. The third-order valence-corrected chi connectivity index (χ3v) is 4.30. The topological polar surface area (TPSA) is 41.1 Å². The van der Waals surface area contributed by atoms with Crippen LogP contribution in [0.2, 0.25) is 0 Å². The Hall–Kier alpha value is -0.680. The molecule has 4 nitrogen and oxygen atoms in total. The quantitative estimate of drug-likeness (QED) is 0.925. The monoisotopic (exact) mass is 310 g/mol. The maximum absolute atomic E-state index is 4.39. The lowest BCUT2D eigenvalue weighted by Crippen LogP contribution is -2.40. The maximum atomic E-state index is 4.39. The summed E-state index contributed by atoms with van der Waals surface area (Å²) in [6.07, 6.45) is 8.79. The van der Waals surface area contributed by atoms with E-state index in [-0.39, 0.29) is 0 Å². The van der Waals surface area contributed by atoms with Crippen molar-refractivity contribution >= 4 is 21.7 Å². The number of aromatic nitrogens is 2. The number of rotatable bonds is 4. The van der Waals surface area contributed by atoms with E-state index in [1.807, 2.05) is 6.20 Å². The molecule has 1 N–H and O–H groups in total. The molecule has 3 rings (SSSR count). The van der Waals surface area contributed by atoms with Gasteiger partial charge < -0.3 is 10.2 Å². The Balaban J connectivity index is 1.60. The Labute approximate surface area is 116 Å². The van der Waals surface area contributed by atoms with Gasteiger partial charge in [-0.05, 0) is 54.1 Å². The molecule has 1 aliphatic carbocycles. The van der Waals surface area contributed by atoms with E-state index < -0.39 is 0 Å². The van der Waals surface area contributed by atoms with E-state index >= 15 is 0 Å². The second-order valence-corrected chi connectivity index (χ2v) is 6.19. The number of piperidine rings is 1. The molecule has 2 fully saturated rings. The molecule has 1 aromatic rings. The van der Waals surface area contributed by atoms with Gasteiger partial charge in [-0.3, -0.25) is 0 Å². The Kier molecular flexibility index (Phi) is 3.80. The third kappa shape index (κ3) is 3.01. The third-order valence-electron chi connectivity index (χ3n) is 3.74. The van der Waals surface area contributed by atoms with Gasteiger partial charge in [0.15, 0.2) is 0 Å². The number of halogens is 1. The Morgan fingerprint density at radius 2 is 2.28 bits per heavy atom. The molecule has 0 spiro atoms. The van der Waals surface area contributed by atoms with Crippen LogP contribution in [0.25, 0.3) is 0 Å². The smallest absolute Gasteiger partial charge is 0.146 e. The van der Waals surface area contributed by atoms with E-state index in [1.165, 1.54) is 25.7 Å². The van der Waals surface area contributed by atoms with Crippen molar-refractivity contribution in [1.82, 2.24) is 15.3 Å². The van der Waals surface area contributed by atoms with Gasteiger partial charge in [-0.1, -0.05) is 0 Å². The van der Waals surface area contributed by atoms with Crippen molar-refractivity contribution in [3.8, 4) is 0 Å². The van der Waals surface area contributed by atoms with E-state index in [0.717, 1.165) is 41.9 Å². The highest BCUT2D eigenvalue weighted by Gasteiger charge is 2.25. The molecule has 2 aliphatic rings. The van der Waals surface area contributed by atoms with Crippen LogP contribution in [0.15, 0.2) is 17.0 Å². The summed E-state index contributed by atoms with van der Waals surface area (Å²) in [4.78, 5) is 10.8. The summed E-state index contributed by atoms with van der Waals surface area (Å²) >= 11 is 3.54. The summed E-state index contributed by atoms with van der Waals surface area (Å²) in [7, 11) is 0. The van der Waals surface area contributed by atoms with Crippen LogP contribution in [0.1, 0.15) is 25.7 Å². The largest absolute Gasteiger partial charge is 0.355 e. The van der Waals surface area contributed by atoms with E-state index in [9.17, 15) is 0 Å². The Morgan fingerprint density at radius 3 is 3.06 bits per heavy atom. The highest BCUT2D eigenvalue weighted by atomic mass is 79.9. The lowest BCUT2D eigenvalue weighted by molar-refractivity contribution is 0.389. The van der Waals surface area contributed by atoms with Crippen LogP contribution in [0, 0.1) is 5.92 Å². The van der Waals surface area contributed by atoms with Gasteiger partial charge in [0, 0.05) is 25.3 Å². The first kappa shape index (κ1) is 12.4. The molecular weight excluding hydrogens is 292 g/mol. The molecule has 0 aromatic carbocycles. The minimum absolute atomic E-state index is 0.751. The van der Waals surface area contributed by atoms with Crippen LogP contribution in [-0.2, 0) is 0 Å². The molecule has 1 aliphatic heterocycles. The summed E-state index contributed by atoms with van der Waals surface area (Å²) in [5, 5.41) is 3.64. The summed E-state index contributed by atoms with van der Waals surface area (Å²) in [5.74, 6) is 1.79. The van der Waals surface area contributed by atoms with Gasteiger partial charge in [0.25, 0.3) is 0 Å². The molecule has 1 unspecified atom stereocenters. The molecule has 1 atom stereocenters. The zero-order chi connectivity index (χ0) is 12.4. The van der Waals surface area contributed by atoms with Crippen molar-refractivity contribution < 1.29 is 0 Å². The van der Waals surface area contributed by atoms with Crippen LogP contribution < -0.4 is 10.2 Å². The van der Waals surface area contributed by atoms with Crippen molar-refractivity contribution in [1.29, 1.82) is 0 Å². The summed E-state index contributed by atoms with van der Waals surface area (Å²) in [6, 6.07) is 0.811. The Bertz CT molecular complexity index is 408.